The van der Waals surface area contributed by atoms with Crippen molar-refractivity contribution >= 4 is 32.5 Å². The highest BCUT2D eigenvalue weighted by Gasteiger charge is 2.14. The Morgan fingerprint density at radius 2 is 1.65 bits per heavy atom. The molecule has 1 N–H and O–H groups in total. The fourth-order valence-electron chi connectivity index (χ4n) is 4.13. The summed E-state index contributed by atoms with van der Waals surface area (Å²) in [6, 6.07) is 17.1. The normalized spacial score (nSPS) is 15.6. The number of likely N-dealkylation sites (N-methyl/N-ethyl adjacent to an activating group) is 1. The molecule has 176 valence electrons. The van der Waals surface area contributed by atoms with Gasteiger partial charge in [0.15, 0.2) is 9.84 Å². The first-order valence-corrected chi connectivity index (χ1v) is 13.2. The molecular formula is C25H28N6O2S. The molecule has 0 spiro atoms. The number of nitrogens with one attached hydrogen (secondary N) is 1. The van der Waals surface area contributed by atoms with Gasteiger partial charge in [-0.15, -0.1) is 0 Å². The molecule has 0 amide bonds. The van der Waals surface area contributed by atoms with Crippen LogP contribution < -0.4 is 5.32 Å². The van der Waals surface area contributed by atoms with Crippen LogP contribution in [0.3, 0.4) is 0 Å². The molecule has 0 bridgehead atoms. The second kappa shape index (κ2) is 9.17. The number of sulfone groups is 1. The Bertz CT molecular complexity index is 1390. The quantitative estimate of drug-likeness (QED) is 0.457. The standard InChI is InChI=1S/C25H28N6O2S/c1-29-13-15-30(16-14-29)18-19-3-5-21(6-4-19)27-25-26-17-20-11-12-31(24(20)28-25)22-7-9-23(10-8-22)34(2,32)33/h3-12,17H,13-16,18H2,1-2H3,(H,26,27,28). The summed E-state index contributed by atoms with van der Waals surface area (Å²) < 4.78 is 25.4. The molecule has 34 heavy (non-hydrogen) atoms. The molecule has 2 aromatic heterocycles. The number of benzene rings is 2. The fraction of sp³-hybridized carbons (Fsp3) is 0.280. The van der Waals surface area contributed by atoms with Gasteiger partial charge in [0.25, 0.3) is 0 Å². The van der Waals surface area contributed by atoms with Crippen LogP contribution in [0.5, 0.6) is 0 Å². The Kier molecular flexibility index (Phi) is 6.07. The number of rotatable bonds is 6. The van der Waals surface area contributed by atoms with E-state index in [9.17, 15) is 8.42 Å². The number of fused-ring (bicyclic) bond motifs is 1. The van der Waals surface area contributed by atoms with Crippen molar-refractivity contribution in [2.45, 2.75) is 11.4 Å². The van der Waals surface area contributed by atoms with Crippen molar-refractivity contribution in [3.8, 4) is 5.69 Å². The van der Waals surface area contributed by atoms with Crippen LogP contribution in [-0.4, -0.2) is 72.2 Å². The van der Waals surface area contributed by atoms with Crippen LogP contribution in [-0.2, 0) is 16.4 Å². The zero-order valence-corrected chi connectivity index (χ0v) is 20.2. The van der Waals surface area contributed by atoms with E-state index < -0.39 is 9.84 Å². The van der Waals surface area contributed by atoms with Crippen molar-refractivity contribution in [3.05, 3.63) is 72.6 Å². The maximum absolute atomic E-state index is 11.8. The fourth-order valence-corrected chi connectivity index (χ4v) is 4.76. The summed E-state index contributed by atoms with van der Waals surface area (Å²) in [6.07, 6.45) is 4.90. The van der Waals surface area contributed by atoms with Crippen molar-refractivity contribution < 1.29 is 8.42 Å². The molecule has 0 atom stereocenters. The maximum atomic E-state index is 11.8. The third-order valence-corrected chi connectivity index (χ3v) is 7.31. The molecule has 3 heterocycles. The molecule has 1 aliphatic rings. The van der Waals surface area contributed by atoms with E-state index in [1.54, 1.807) is 30.5 Å². The van der Waals surface area contributed by atoms with Crippen LogP contribution in [0.15, 0.2) is 71.9 Å². The summed E-state index contributed by atoms with van der Waals surface area (Å²) in [7, 11) is -1.07. The van der Waals surface area contributed by atoms with E-state index in [0.29, 0.717) is 10.8 Å². The molecule has 2 aromatic carbocycles. The van der Waals surface area contributed by atoms with Crippen LogP contribution in [0.25, 0.3) is 16.7 Å². The molecule has 5 rings (SSSR count). The minimum absolute atomic E-state index is 0.292. The van der Waals surface area contributed by atoms with Crippen LogP contribution in [0.1, 0.15) is 5.56 Å². The lowest BCUT2D eigenvalue weighted by Crippen LogP contribution is -2.43. The smallest absolute Gasteiger partial charge is 0.229 e. The predicted octanol–water partition coefficient (Wildman–Crippen LogP) is 3.32. The highest BCUT2D eigenvalue weighted by Crippen LogP contribution is 2.22. The van der Waals surface area contributed by atoms with Gasteiger partial charge >= 0.3 is 0 Å². The van der Waals surface area contributed by atoms with Gasteiger partial charge in [-0.3, -0.25) is 4.90 Å². The molecule has 0 aliphatic carbocycles. The Hall–Kier alpha value is -3.27. The van der Waals surface area contributed by atoms with E-state index in [2.05, 4.69) is 51.4 Å². The number of nitrogens with zero attached hydrogens (tertiary/aromatic N) is 5. The van der Waals surface area contributed by atoms with Gasteiger partial charge in [-0.2, -0.15) is 4.98 Å². The molecule has 0 unspecified atom stereocenters. The van der Waals surface area contributed by atoms with Crippen LogP contribution >= 0.6 is 0 Å². The van der Waals surface area contributed by atoms with Crippen molar-refractivity contribution in [2.75, 3.05) is 44.8 Å². The first-order valence-electron chi connectivity index (χ1n) is 11.3. The summed E-state index contributed by atoms with van der Waals surface area (Å²) in [4.78, 5) is 14.3. The highest BCUT2D eigenvalue weighted by molar-refractivity contribution is 7.90. The van der Waals surface area contributed by atoms with Crippen LogP contribution in [0.4, 0.5) is 11.6 Å². The Morgan fingerprint density at radius 3 is 2.32 bits per heavy atom. The van der Waals surface area contributed by atoms with E-state index in [1.807, 2.05) is 16.8 Å². The first kappa shape index (κ1) is 22.5. The monoisotopic (exact) mass is 476 g/mol. The summed E-state index contributed by atoms with van der Waals surface area (Å²) in [5.41, 5.74) is 3.80. The summed E-state index contributed by atoms with van der Waals surface area (Å²) >= 11 is 0. The third-order valence-electron chi connectivity index (χ3n) is 6.18. The molecule has 1 saturated heterocycles. The largest absolute Gasteiger partial charge is 0.324 e. The van der Waals surface area contributed by atoms with Gasteiger partial charge < -0.3 is 14.8 Å². The first-order chi connectivity index (χ1) is 16.3. The minimum atomic E-state index is -3.24. The number of hydrogen-bond donors (Lipinski definition) is 1. The Balaban J connectivity index is 1.32. The second-order valence-corrected chi connectivity index (χ2v) is 10.8. The van der Waals surface area contributed by atoms with Gasteiger partial charge in [0.1, 0.15) is 5.65 Å². The summed E-state index contributed by atoms with van der Waals surface area (Å²) in [5, 5.41) is 4.20. The SMILES string of the molecule is CN1CCN(Cc2ccc(Nc3ncc4ccn(-c5ccc(S(C)(=O)=O)cc5)c4n3)cc2)CC1. The number of hydrogen-bond acceptors (Lipinski definition) is 7. The van der Waals surface area contributed by atoms with Crippen molar-refractivity contribution in [2.24, 2.45) is 0 Å². The van der Waals surface area contributed by atoms with E-state index in [-0.39, 0.29) is 0 Å². The average Bonchev–Trinajstić information content (AvgIpc) is 3.25. The van der Waals surface area contributed by atoms with Gasteiger partial charge in [0, 0.05) is 68.1 Å². The molecule has 1 fully saturated rings. The minimum Gasteiger partial charge on any atom is -0.324 e. The average molecular weight is 477 g/mol. The lowest BCUT2D eigenvalue weighted by molar-refractivity contribution is 0.148. The number of piperazine rings is 1. The van der Waals surface area contributed by atoms with E-state index in [0.717, 1.165) is 55.1 Å². The van der Waals surface area contributed by atoms with Crippen LogP contribution in [0.2, 0.25) is 0 Å². The predicted molar refractivity (Wildman–Crippen MR) is 134 cm³/mol. The molecule has 0 radical (unpaired) electrons. The van der Waals surface area contributed by atoms with Crippen LogP contribution in [0, 0.1) is 0 Å². The molecular weight excluding hydrogens is 448 g/mol. The van der Waals surface area contributed by atoms with Crippen molar-refractivity contribution in [3.63, 3.8) is 0 Å². The van der Waals surface area contributed by atoms with E-state index in [4.69, 9.17) is 4.98 Å². The van der Waals surface area contributed by atoms with Gasteiger partial charge in [-0.25, -0.2) is 13.4 Å². The number of aromatic nitrogens is 3. The molecule has 8 nitrogen and oxygen atoms in total. The topological polar surface area (TPSA) is 83.4 Å². The lowest BCUT2D eigenvalue weighted by Gasteiger charge is -2.32. The maximum Gasteiger partial charge on any atom is 0.229 e. The molecule has 0 saturated carbocycles. The zero-order chi connectivity index (χ0) is 23.7. The zero-order valence-electron chi connectivity index (χ0n) is 19.3. The van der Waals surface area contributed by atoms with Crippen molar-refractivity contribution in [1.29, 1.82) is 0 Å². The van der Waals surface area contributed by atoms with Gasteiger partial charge in [-0.1, -0.05) is 12.1 Å². The van der Waals surface area contributed by atoms with Gasteiger partial charge in [-0.05, 0) is 55.1 Å². The summed E-state index contributed by atoms with van der Waals surface area (Å²) in [6.45, 7) is 5.39. The van der Waals surface area contributed by atoms with E-state index >= 15 is 0 Å². The van der Waals surface area contributed by atoms with Gasteiger partial charge in [0.05, 0.1) is 4.90 Å². The third kappa shape index (κ3) is 4.96. The Morgan fingerprint density at radius 1 is 0.941 bits per heavy atom. The van der Waals surface area contributed by atoms with Crippen molar-refractivity contribution in [1.82, 2.24) is 24.3 Å². The van der Waals surface area contributed by atoms with Gasteiger partial charge in [0.2, 0.25) is 5.95 Å². The Labute approximate surface area is 199 Å². The number of anilines is 2. The summed E-state index contributed by atoms with van der Waals surface area (Å²) in [5.74, 6) is 0.507. The highest BCUT2D eigenvalue weighted by atomic mass is 32.2. The molecule has 4 aromatic rings. The second-order valence-electron chi connectivity index (χ2n) is 8.83. The lowest BCUT2D eigenvalue weighted by atomic mass is 10.2. The van der Waals surface area contributed by atoms with E-state index in [1.165, 1.54) is 11.8 Å². The molecule has 1 aliphatic heterocycles. The molecule has 9 heteroatoms.